The summed E-state index contributed by atoms with van der Waals surface area (Å²) < 4.78 is 53.4. The number of alkyl halides is 3. The number of rotatable bonds is 5. The number of halogens is 4. The highest BCUT2D eigenvalue weighted by molar-refractivity contribution is 5.94. The van der Waals surface area contributed by atoms with E-state index in [0.29, 0.717) is 0 Å². The molecular weight excluding hydrogens is 402 g/mol. The molecule has 2 amide bonds. The average Bonchev–Trinajstić information content (AvgIpc) is 2.73. The molecule has 0 saturated carbocycles. The van der Waals surface area contributed by atoms with E-state index in [1.807, 2.05) is 0 Å². The lowest BCUT2D eigenvalue weighted by Gasteiger charge is -2.35. The van der Waals surface area contributed by atoms with Crippen molar-refractivity contribution in [2.75, 3.05) is 32.7 Å². The summed E-state index contributed by atoms with van der Waals surface area (Å²) in [6.07, 6.45) is -4.54. The zero-order valence-corrected chi connectivity index (χ0v) is 16.0. The molecule has 3 rings (SSSR count). The van der Waals surface area contributed by atoms with Crippen LogP contribution in [0.25, 0.3) is 0 Å². The van der Waals surface area contributed by atoms with Gasteiger partial charge < -0.3 is 9.80 Å². The molecule has 1 atom stereocenters. The summed E-state index contributed by atoms with van der Waals surface area (Å²) in [7, 11) is 0. The minimum Gasteiger partial charge on any atom is -0.338 e. The fourth-order valence-electron chi connectivity index (χ4n) is 3.33. The number of carbonyl (C=O) groups is 2. The number of benzene rings is 2. The van der Waals surface area contributed by atoms with E-state index in [0.717, 1.165) is 6.07 Å². The first-order valence-electron chi connectivity index (χ1n) is 9.43. The number of amides is 2. The highest BCUT2D eigenvalue weighted by atomic mass is 19.4. The van der Waals surface area contributed by atoms with Gasteiger partial charge in [-0.15, -0.1) is 0 Å². The van der Waals surface area contributed by atoms with Gasteiger partial charge in [-0.2, -0.15) is 13.2 Å². The van der Waals surface area contributed by atoms with Crippen molar-refractivity contribution in [1.29, 1.82) is 0 Å². The SMILES string of the molecule is O=C(CNC(c1ccccc1)C(F)(F)F)N1CCN(C(=O)c2cccc(F)c2)CC1. The molecule has 1 N–H and O–H groups in total. The smallest absolute Gasteiger partial charge is 0.338 e. The summed E-state index contributed by atoms with van der Waals surface area (Å²) in [6, 6.07) is 10.7. The molecule has 160 valence electrons. The highest BCUT2D eigenvalue weighted by Gasteiger charge is 2.41. The Morgan fingerprint density at radius 2 is 1.57 bits per heavy atom. The van der Waals surface area contributed by atoms with Crippen molar-refractivity contribution >= 4 is 11.8 Å². The third kappa shape index (κ3) is 5.35. The standard InChI is InChI=1S/C21H21F4N3O2/c22-17-8-4-7-16(13-17)20(30)28-11-9-27(10-12-28)18(29)14-26-19(21(23,24)25)15-5-2-1-3-6-15/h1-8,13,19,26H,9-12,14H2. The zero-order valence-electron chi connectivity index (χ0n) is 16.0. The summed E-state index contributed by atoms with van der Waals surface area (Å²) in [5.41, 5.74) is 0.246. The van der Waals surface area contributed by atoms with Gasteiger partial charge in [-0.1, -0.05) is 36.4 Å². The highest BCUT2D eigenvalue weighted by Crippen LogP contribution is 2.32. The van der Waals surface area contributed by atoms with E-state index in [2.05, 4.69) is 5.32 Å². The van der Waals surface area contributed by atoms with Crippen LogP contribution in [0.2, 0.25) is 0 Å². The summed E-state index contributed by atoms with van der Waals surface area (Å²) in [4.78, 5) is 27.7. The topological polar surface area (TPSA) is 52.7 Å². The van der Waals surface area contributed by atoms with Crippen LogP contribution in [0.1, 0.15) is 22.0 Å². The number of carbonyl (C=O) groups excluding carboxylic acids is 2. The van der Waals surface area contributed by atoms with E-state index in [4.69, 9.17) is 0 Å². The second-order valence-corrected chi connectivity index (χ2v) is 6.95. The van der Waals surface area contributed by atoms with Gasteiger partial charge in [0.15, 0.2) is 0 Å². The van der Waals surface area contributed by atoms with Gasteiger partial charge in [0, 0.05) is 31.7 Å². The second kappa shape index (κ2) is 9.25. The minimum atomic E-state index is -4.54. The Labute approximate surface area is 171 Å². The van der Waals surface area contributed by atoms with E-state index in [1.165, 1.54) is 52.3 Å². The van der Waals surface area contributed by atoms with Gasteiger partial charge in [0.2, 0.25) is 5.91 Å². The third-order valence-electron chi connectivity index (χ3n) is 4.91. The van der Waals surface area contributed by atoms with Gasteiger partial charge in [0.25, 0.3) is 5.91 Å². The number of nitrogens with one attached hydrogen (secondary N) is 1. The molecule has 0 spiro atoms. The van der Waals surface area contributed by atoms with Crippen molar-refractivity contribution < 1.29 is 27.2 Å². The van der Waals surface area contributed by atoms with Crippen molar-refractivity contribution in [3.05, 3.63) is 71.5 Å². The molecule has 0 aromatic heterocycles. The molecule has 9 heteroatoms. The maximum absolute atomic E-state index is 13.4. The van der Waals surface area contributed by atoms with Crippen LogP contribution in [-0.4, -0.2) is 60.5 Å². The summed E-state index contributed by atoms with van der Waals surface area (Å²) in [5, 5.41) is 2.30. The fourth-order valence-corrected chi connectivity index (χ4v) is 3.33. The van der Waals surface area contributed by atoms with Gasteiger partial charge in [-0.3, -0.25) is 14.9 Å². The van der Waals surface area contributed by atoms with Crippen molar-refractivity contribution in [1.82, 2.24) is 15.1 Å². The average molecular weight is 423 g/mol. The quantitative estimate of drug-likeness (QED) is 0.753. The zero-order chi connectivity index (χ0) is 21.7. The van der Waals surface area contributed by atoms with Crippen molar-refractivity contribution in [3.63, 3.8) is 0 Å². The summed E-state index contributed by atoms with van der Waals surface area (Å²) >= 11 is 0. The van der Waals surface area contributed by atoms with Gasteiger partial charge in [0.05, 0.1) is 6.54 Å². The Morgan fingerprint density at radius 3 is 2.17 bits per heavy atom. The molecule has 2 aromatic rings. The monoisotopic (exact) mass is 423 g/mol. The van der Waals surface area contributed by atoms with Crippen LogP contribution in [0.5, 0.6) is 0 Å². The molecule has 2 aromatic carbocycles. The molecule has 5 nitrogen and oxygen atoms in total. The van der Waals surface area contributed by atoms with Crippen LogP contribution >= 0.6 is 0 Å². The first-order valence-corrected chi connectivity index (χ1v) is 9.43. The van der Waals surface area contributed by atoms with Crippen LogP contribution in [0.15, 0.2) is 54.6 Å². The van der Waals surface area contributed by atoms with Gasteiger partial charge >= 0.3 is 6.18 Å². The first kappa shape index (κ1) is 21.8. The Balaban J connectivity index is 1.54. The Morgan fingerprint density at radius 1 is 0.933 bits per heavy atom. The predicted molar refractivity (Wildman–Crippen MR) is 102 cm³/mol. The van der Waals surface area contributed by atoms with Crippen LogP contribution in [0, 0.1) is 5.82 Å². The normalized spacial score (nSPS) is 15.7. The number of hydrogen-bond acceptors (Lipinski definition) is 3. The van der Waals surface area contributed by atoms with Crippen molar-refractivity contribution in [2.45, 2.75) is 12.2 Å². The second-order valence-electron chi connectivity index (χ2n) is 6.95. The summed E-state index contributed by atoms with van der Waals surface area (Å²) in [5.74, 6) is -1.34. The van der Waals surface area contributed by atoms with Crippen molar-refractivity contribution in [2.24, 2.45) is 0 Å². The van der Waals surface area contributed by atoms with Gasteiger partial charge in [0.1, 0.15) is 11.9 Å². The lowest BCUT2D eigenvalue weighted by molar-refractivity contribution is -0.159. The Bertz CT molecular complexity index is 881. The number of hydrogen-bond donors (Lipinski definition) is 1. The summed E-state index contributed by atoms with van der Waals surface area (Å²) in [6.45, 7) is 0.370. The predicted octanol–water partition coefficient (Wildman–Crippen LogP) is 3.00. The lowest BCUT2D eigenvalue weighted by atomic mass is 10.1. The molecule has 1 aliphatic rings. The van der Waals surface area contributed by atoms with Gasteiger partial charge in [-0.05, 0) is 23.8 Å². The van der Waals surface area contributed by atoms with Crippen molar-refractivity contribution in [3.8, 4) is 0 Å². The van der Waals surface area contributed by atoms with E-state index in [1.54, 1.807) is 6.07 Å². The molecule has 0 radical (unpaired) electrons. The van der Waals surface area contributed by atoms with Crippen LogP contribution in [0.4, 0.5) is 17.6 Å². The molecule has 1 heterocycles. The molecule has 1 aliphatic heterocycles. The first-order chi connectivity index (χ1) is 14.3. The maximum Gasteiger partial charge on any atom is 0.407 e. The lowest BCUT2D eigenvalue weighted by Crippen LogP contribution is -2.53. The Kier molecular flexibility index (Phi) is 6.71. The molecule has 1 unspecified atom stereocenters. The molecule has 0 aliphatic carbocycles. The Hall–Kier alpha value is -2.94. The molecule has 0 bridgehead atoms. The van der Waals surface area contributed by atoms with Crippen LogP contribution in [0.3, 0.4) is 0 Å². The molecule has 1 fully saturated rings. The largest absolute Gasteiger partial charge is 0.407 e. The van der Waals surface area contributed by atoms with E-state index in [-0.39, 0.29) is 43.2 Å². The van der Waals surface area contributed by atoms with Crippen LogP contribution < -0.4 is 5.32 Å². The van der Waals surface area contributed by atoms with E-state index in [9.17, 15) is 27.2 Å². The van der Waals surface area contributed by atoms with Crippen LogP contribution in [-0.2, 0) is 4.79 Å². The number of nitrogens with zero attached hydrogens (tertiary/aromatic N) is 2. The number of piperazine rings is 1. The van der Waals surface area contributed by atoms with E-state index >= 15 is 0 Å². The molecular formula is C21H21F4N3O2. The van der Waals surface area contributed by atoms with Gasteiger partial charge in [-0.25, -0.2) is 4.39 Å². The third-order valence-corrected chi connectivity index (χ3v) is 4.91. The van der Waals surface area contributed by atoms with E-state index < -0.39 is 30.5 Å². The maximum atomic E-state index is 13.4. The minimum absolute atomic E-state index is 0.0308. The fraction of sp³-hybridized carbons (Fsp3) is 0.333. The molecule has 30 heavy (non-hydrogen) atoms. The molecule has 1 saturated heterocycles.